The van der Waals surface area contributed by atoms with Gasteiger partial charge in [0.15, 0.2) is 0 Å². The fourth-order valence-electron chi connectivity index (χ4n) is 4.91. The first-order valence-corrected chi connectivity index (χ1v) is 10.5. The highest BCUT2D eigenvalue weighted by Gasteiger charge is 2.32. The van der Waals surface area contributed by atoms with Crippen LogP contribution in [0.5, 0.6) is 0 Å². The average Bonchev–Trinajstić information content (AvgIpc) is 3.11. The van der Waals surface area contributed by atoms with Gasteiger partial charge in [0.1, 0.15) is 5.82 Å². The summed E-state index contributed by atoms with van der Waals surface area (Å²) in [4.78, 5) is 21.2. The van der Waals surface area contributed by atoms with Gasteiger partial charge in [-0.05, 0) is 43.1 Å². The van der Waals surface area contributed by atoms with Crippen LogP contribution in [0, 0.1) is 11.7 Å². The number of carbonyl (C=O) groups is 1. The number of nitrogens with one attached hydrogen (secondary N) is 1. The van der Waals surface area contributed by atoms with Crippen LogP contribution >= 0.6 is 0 Å². The Hall–Kier alpha value is -2.66. The van der Waals surface area contributed by atoms with Gasteiger partial charge in [-0.1, -0.05) is 30.3 Å². The lowest BCUT2D eigenvalue weighted by molar-refractivity contribution is -0.138. The van der Waals surface area contributed by atoms with E-state index in [1.165, 1.54) is 22.7 Å². The number of aromatic nitrogens is 1. The molecule has 2 aromatic carbocycles. The lowest BCUT2D eigenvalue weighted by Gasteiger charge is -2.36. The number of piperidine rings is 1. The van der Waals surface area contributed by atoms with E-state index >= 15 is 0 Å². The number of aromatic amines is 1. The van der Waals surface area contributed by atoms with Crippen molar-refractivity contribution in [1.29, 1.82) is 0 Å². The van der Waals surface area contributed by atoms with Crippen LogP contribution in [-0.4, -0.2) is 40.3 Å². The van der Waals surface area contributed by atoms with Crippen LogP contribution in [0.2, 0.25) is 0 Å². The van der Waals surface area contributed by atoms with Gasteiger partial charge in [0, 0.05) is 54.8 Å². The Labute approximate surface area is 170 Å². The molecule has 2 aliphatic heterocycles. The highest BCUT2D eigenvalue weighted by Crippen LogP contribution is 2.29. The molecule has 1 amide bonds. The van der Waals surface area contributed by atoms with Crippen LogP contribution < -0.4 is 0 Å². The Morgan fingerprint density at radius 3 is 2.93 bits per heavy atom. The molecular formula is C24H26FN3O. The van der Waals surface area contributed by atoms with Crippen LogP contribution in [0.25, 0.3) is 10.9 Å². The van der Waals surface area contributed by atoms with Gasteiger partial charge in [-0.25, -0.2) is 4.39 Å². The number of nitrogens with zero attached hydrogens (tertiary/aromatic N) is 2. The van der Waals surface area contributed by atoms with Crippen molar-refractivity contribution in [1.82, 2.24) is 14.8 Å². The lowest BCUT2D eigenvalue weighted by atomic mass is 9.94. The van der Waals surface area contributed by atoms with Crippen molar-refractivity contribution in [3.05, 3.63) is 71.2 Å². The van der Waals surface area contributed by atoms with Gasteiger partial charge in [0.2, 0.25) is 5.91 Å². The summed E-state index contributed by atoms with van der Waals surface area (Å²) in [6, 6.07) is 15.1. The van der Waals surface area contributed by atoms with Crippen molar-refractivity contribution in [3.63, 3.8) is 0 Å². The second-order valence-electron chi connectivity index (χ2n) is 8.34. The monoisotopic (exact) mass is 391 g/mol. The van der Waals surface area contributed by atoms with Gasteiger partial charge < -0.3 is 9.88 Å². The number of hydrogen-bond acceptors (Lipinski definition) is 2. The minimum Gasteiger partial charge on any atom is -0.358 e. The summed E-state index contributed by atoms with van der Waals surface area (Å²) in [6.45, 7) is 3.89. The first kappa shape index (κ1) is 18.4. The normalized spacial score (nSPS) is 20.0. The Morgan fingerprint density at radius 2 is 2.03 bits per heavy atom. The standard InChI is InChI=1S/C24H26FN3O/c25-19-7-3-5-17(13-19)14-27-11-4-6-18(15-27)24(29)28-12-10-23-21(16-28)20-8-1-2-9-22(20)26-23/h1-3,5,7-9,13,18,26H,4,6,10-12,14-16H2. The van der Waals surface area contributed by atoms with E-state index in [1.807, 2.05) is 17.0 Å². The van der Waals surface area contributed by atoms with E-state index in [-0.39, 0.29) is 17.6 Å². The molecule has 1 aromatic heterocycles. The molecule has 1 saturated heterocycles. The highest BCUT2D eigenvalue weighted by atomic mass is 19.1. The predicted molar refractivity (Wildman–Crippen MR) is 112 cm³/mol. The lowest BCUT2D eigenvalue weighted by Crippen LogP contribution is -2.46. The Morgan fingerprint density at radius 1 is 1.14 bits per heavy atom. The summed E-state index contributed by atoms with van der Waals surface area (Å²) in [7, 11) is 0. The first-order valence-electron chi connectivity index (χ1n) is 10.5. The zero-order valence-corrected chi connectivity index (χ0v) is 16.5. The van der Waals surface area contributed by atoms with Crippen LogP contribution in [0.3, 0.4) is 0 Å². The average molecular weight is 391 g/mol. The van der Waals surface area contributed by atoms with Crippen molar-refractivity contribution in [2.75, 3.05) is 19.6 Å². The molecule has 1 atom stereocenters. The summed E-state index contributed by atoms with van der Waals surface area (Å²) in [5.74, 6) is 0.101. The molecule has 0 bridgehead atoms. The quantitative estimate of drug-likeness (QED) is 0.730. The summed E-state index contributed by atoms with van der Waals surface area (Å²) >= 11 is 0. The highest BCUT2D eigenvalue weighted by molar-refractivity contribution is 5.86. The Kier molecular flexibility index (Phi) is 4.84. The molecule has 0 radical (unpaired) electrons. The van der Waals surface area contributed by atoms with Crippen LogP contribution in [0.4, 0.5) is 4.39 Å². The van der Waals surface area contributed by atoms with E-state index in [0.717, 1.165) is 50.0 Å². The number of rotatable bonds is 3. The third-order valence-electron chi connectivity index (χ3n) is 6.34. The van der Waals surface area contributed by atoms with Crippen molar-refractivity contribution in [2.24, 2.45) is 5.92 Å². The number of hydrogen-bond donors (Lipinski definition) is 1. The molecule has 1 N–H and O–H groups in total. The Bertz CT molecular complexity index is 1040. The number of halogens is 1. The molecule has 29 heavy (non-hydrogen) atoms. The van der Waals surface area contributed by atoms with Crippen molar-refractivity contribution >= 4 is 16.8 Å². The van der Waals surface area contributed by atoms with Gasteiger partial charge in [-0.2, -0.15) is 0 Å². The summed E-state index contributed by atoms with van der Waals surface area (Å²) in [5.41, 5.74) is 4.67. The van der Waals surface area contributed by atoms with Gasteiger partial charge >= 0.3 is 0 Å². The number of amides is 1. The SMILES string of the molecule is O=C(C1CCCN(Cc2cccc(F)c2)C1)N1CCc2[nH]c3ccccc3c2C1. The van der Waals surface area contributed by atoms with Crippen molar-refractivity contribution < 1.29 is 9.18 Å². The minimum atomic E-state index is -0.199. The molecule has 3 heterocycles. The number of benzene rings is 2. The third kappa shape index (κ3) is 3.67. The summed E-state index contributed by atoms with van der Waals surface area (Å²) < 4.78 is 13.5. The molecule has 150 valence electrons. The first-order chi connectivity index (χ1) is 14.2. The van der Waals surface area contributed by atoms with E-state index in [9.17, 15) is 9.18 Å². The molecule has 0 spiro atoms. The van der Waals surface area contributed by atoms with E-state index in [4.69, 9.17) is 0 Å². The van der Waals surface area contributed by atoms with Gasteiger partial charge in [0.05, 0.1) is 5.92 Å². The van der Waals surface area contributed by atoms with Gasteiger partial charge in [0.25, 0.3) is 0 Å². The second-order valence-corrected chi connectivity index (χ2v) is 8.34. The summed E-state index contributed by atoms with van der Waals surface area (Å²) in [6.07, 6.45) is 2.84. The van der Waals surface area contributed by atoms with E-state index < -0.39 is 0 Å². The van der Waals surface area contributed by atoms with E-state index in [2.05, 4.69) is 28.1 Å². The molecule has 1 fully saturated rings. The number of fused-ring (bicyclic) bond motifs is 3. The third-order valence-corrected chi connectivity index (χ3v) is 6.34. The van der Waals surface area contributed by atoms with Crippen molar-refractivity contribution in [3.8, 4) is 0 Å². The smallest absolute Gasteiger partial charge is 0.227 e. The molecule has 2 aliphatic rings. The zero-order chi connectivity index (χ0) is 19.8. The molecule has 5 heteroatoms. The summed E-state index contributed by atoms with van der Waals surface area (Å²) in [5, 5.41) is 1.23. The van der Waals surface area contributed by atoms with Gasteiger partial charge in [-0.3, -0.25) is 9.69 Å². The molecular weight excluding hydrogens is 365 g/mol. The number of H-pyrrole nitrogens is 1. The van der Waals surface area contributed by atoms with Crippen LogP contribution in [0.15, 0.2) is 48.5 Å². The molecule has 4 nitrogen and oxygen atoms in total. The van der Waals surface area contributed by atoms with E-state index in [1.54, 1.807) is 12.1 Å². The fraction of sp³-hybridized carbons (Fsp3) is 0.375. The Balaban J connectivity index is 1.28. The number of likely N-dealkylation sites (tertiary alicyclic amines) is 1. The maximum Gasteiger partial charge on any atom is 0.227 e. The predicted octanol–water partition coefficient (Wildman–Crippen LogP) is 4.10. The van der Waals surface area contributed by atoms with E-state index in [0.29, 0.717) is 13.1 Å². The maximum absolute atomic E-state index is 13.5. The van der Waals surface area contributed by atoms with Crippen molar-refractivity contribution in [2.45, 2.75) is 32.4 Å². The number of carbonyl (C=O) groups excluding carboxylic acids is 1. The minimum absolute atomic E-state index is 0.0315. The number of para-hydroxylation sites is 1. The maximum atomic E-state index is 13.5. The zero-order valence-electron chi connectivity index (χ0n) is 16.5. The van der Waals surface area contributed by atoms with Gasteiger partial charge in [-0.15, -0.1) is 0 Å². The molecule has 0 aliphatic carbocycles. The topological polar surface area (TPSA) is 39.3 Å². The molecule has 3 aromatic rings. The largest absolute Gasteiger partial charge is 0.358 e. The van der Waals surface area contributed by atoms with Crippen LogP contribution in [0.1, 0.15) is 29.7 Å². The molecule has 0 saturated carbocycles. The molecule has 5 rings (SSSR count). The molecule has 1 unspecified atom stereocenters. The van der Waals surface area contributed by atoms with Crippen LogP contribution in [-0.2, 0) is 24.3 Å². The fourth-order valence-corrected chi connectivity index (χ4v) is 4.91. The second kappa shape index (κ2) is 7.64.